The number of allylic oxidation sites excluding steroid dienone is 1. The van der Waals surface area contributed by atoms with Crippen LogP contribution in [0.3, 0.4) is 0 Å². The molecule has 0 bridgehead atoms. The summed E-state index contributed by atoms with van der Waals surface area (Å²) in [6, 6.07) is 9.12. The molecule has 4 heteroatoms. The zero-order valence-corrected chi connectivity index (χ0v) is 14.5. The molecule has 126 valence electrons. The lowest BCUT2D eigenvalue weighted by atomic mass is 10.0. The van der Waals surface area contributed by atoms with Gasteiger partial charge in [0.25, 0.3) is 0 Å². The molecular weight excluding hydrogens is 302 g/mol. The summed E-state index contributed by atoms with van der Waals surface area (Å²) in [5.74, 6) is 0.753. The number of phenols is 1. The van der Waals surface area contributed by atoms with E-state index < -0.39 is 0 Å². The third-order valence-corrected chi connectivity index (χ3v) is 3.86. The van der Waals surface area contributed by atoms with E-state index in [1.165, 1.54) is 6.08 Å². The van der Waals surface area contributed by atoms with Gasteiger partial charge in [-0.2, -0.15) is 0 Å². The minimum absolute atomic E-state index is 0.0801. The summed E-state index contributed by atoms with van der Waals surface area (Å²) in [6.45, 7) is 6.01. The van der Waals surface area contributed by atoms with Gasteiger partial charge in [-0.25, -0.2) is 0 Å². The first kappa shape index (κ1) is 17.6. The number of benzene rings is 2. The van der Waals surface area contributed by atoms with Gasteiger partial charge in [-0.1, -0.05) is 0 Å². The summed E-state index contributed by atoms with van der Waals surface area (Å²) in [4.78, 5) is 12.3. The molecule has 24 heavy (non-hydrogen) atoms. The maximum Gasteiger partial charge on any atom is 0.185 e. The van der Waals surface area contributed by atoms with Gasteiger partial charge in [-0.15, -0.1) is 0 Å². The molecule has 0 fully saturated rings. The number of ether oxygens (including phenoxy) is 1. The highest BCUT2D eigenvalue weighted by Crippen LogP contribution is 2.34. The van der Waals surface area contributed by atoms with E-state index in [9.17, 15) is 9.90 Å². The number of ketones is 1. The number of aromatic hydroxyl groups is 1. The van der Waals surface area contributed by atoms with Crippen molar-refractivity contribution >= 4 is 17.5 Å². The van der Waals surface area contributed by atoms with Crippen LogP contribution in [-0.2, 0) is 0 Å². The van der Waals surface area contributed by atoms with Crippen molar-refractivity contribution in [2.45, 2.75) is 20.8 Å². The summed E-state index contributed by atoms with van der Waals surface area (Å²) in [6.07, 6.45) is 3.26. The first-order valence-electron chi connectivity index (χ1n) is 7.94. The van der Waals surface area contributed by atoms with E-state index in [1.54, 1.807) is 18.2 Å². The van der Waals surface area contributed by atoms with Gasteiger partial charge in [0.05, 0.1) is 6.61 Å². The number of rotatable bonds is 6. The molecule has 0 aliphatic rings. The Labute approximate surface area is 142 Å². The fraction of sp³-hybridized carbons (Fsp3) is 0.250. The minimum atomic E-state index is -0.0801. The Kier molecular flexibility index (Phi) is 5.64. The van der Waals surface area contributed by atoms with Crippen molar-refractivity contribution in [2.24, 2.45) is 0 Å². The molecule has 0 saturated heterocycles. The van der Waals surface area contributed by atoms with E-state index >= 15 is 0 Å². The van der Waals surface area contributed by atoms with Gasteiger partial charge in [0.2, 0.25) is 0 Å². The Bertz CT molecular complexity index is 761. The van der Waals surface area contributed by atoms with Gasteiger partial charge in [-0.05, 0) is 68.8 Å². The first-order chi connectivity index (χ1) is 11.5. The van der Waals surface area contributed by atoms with Crippen LogP contribution in [0.1, 0.15) is 34.0 Å². The van der Waals surface area contributed by atoms with Crippen LogP contribution < -0.4 is 10.1 Å². The van der Waals surface area contributed by atoms with E-state index in [1.807, 2.05) is 46.0 Å². The van der Waals surface area contributed by atoms with Gasteiger partial charge in [0.15, 0.2) is 5.78 Å². The summed E-state index contributed by atoms with van der Waals surface area (Å²) < 4.78 is 5.64. The maximum absolute atomic E-state index is 12.3. The van der Waals surface area contributed by atoms with E-state index in [2.05, 4.69) is 5.32 Å². The predicted molar refractivity (Wildman–Crippen MR) is 98.1 cm³/mol. The second-order valence-electron chi connectivity index (χ2n) is 5.54. The molecule has 0 aliphatic carbocycles. The van der Waals surface area contributed by atoms with Crippen molar-refractivity contribution in [3.05, 3.63) is 58.7 Å². The normalized spacial score (nSPS) is 10.8. The molecule has 0 radical (unpaired) electrons. The van der Waals surface area contributed by atoms with Crippen LogP contribution in [-0.4, -0.2) is 24.5 Å². The molecule has 0 saturated carbocycles. The molecule has 4 nitrogen and oxygen atoms in total. The summed E-state index contributed by atoms with van der Waals surface area (Å²) in [5, 5.41) is 13.1. The van der Waals surface area contributed by atoms with Crippen LogP contribution in [0.25, 0.3) is 6.08 Å². The van der Waals surface area contributed by atoms with Crippen molar-refractivity contribution in [3.8, 4) is 11.5 Å². The van der Waals surface area contributed by atoms with E-state index in [0.29, 0.717) is 23.5 Å². The second kappa shape index (κ2) is 7.68. The number of aryl methyl sites for hydroxylation is 1. The van der Waals surface area contributed by atoms with E-state index in [-0.39, 0.29) is 11.5 Å². The van der Waals surface area contributed by atoms with Crippen molar-refractivity contribution in [2.75, 3.05) is 19.0 Å². The van der Waals surface area contributed by atoms with Crippen LogP contribution in [0.4, 0.5) is 5.69 Å². The quantitative estimate of drug-likeness (QED) is 0.612. The van der Waals surface area contributed by atoms with Crippen LogP contribution in [0.5, 0.6) is 11.5 Å². The fourth-order valence-corrected chi connectivity index (χ4v) is 2.51. The van der Waals surface area contributed by atoms with Crippen molar-refractivity contribution < 1.29 is 14.6 Å². The average Bonchev–Trinajstić information content (AvgIpc) is 2.60. The molecule has 0 spiro atoms. The van der Waals surface area contributed by atoms with Gasteiger partial charge in [0, 0.05) is 29.4 Å². The molecule has 0 unspecified atom stereocenters. The SMILES string of the molecule is CCOc1c(C=CC(=O)c2ccc(NC)cc2)cc(C)c(O)c1C. The third-order valence-electron chi connectivity index (χ3n) is 3.86. The van der Waals surface area contributed by atoms with Gasteiger partial charge in [0.1, 0.15) is 11.5 Å². The largest absolute Gasteiger partial charge is 0.507 e. The number of anilines is 1. The smallest absolute Gasteiger partial charge is 0.185 e. The van der Waals surface area contributed by atoms with Crippen molar-refractivity contribution in [1.82, 2.24) is 0 Å². The monoisotopic (exact) mass is 325 g/mol. The zero-order chi connectivity index (χ0) is 17.7. The topological polar surface area (TPSA) is 58.6 Å². The molecule has 2 aromatic rings. The number of phenolic OH excluding ortho intramolecular Hbond substituents is 1. The molecule has 0 amide bonds. The van der Waals surface area contributed by atoms with Gasteiger partial charge >= 0.3 is 0 Å². The standard InChI is InChI=1S/C20H23NO3/c1-5-24-20-14(3)19(23)13(2)12-16(20)8-11-18(22)15-6-9-17(21-4)10-7-15/h6-12,21,23H,5H2,1-4H3. The third kappa shape index (κ3) is 3.77. The average molecular weight is 325 g/mol. The highest BCUT2D eigenvalue weighted by atomic mass is 16.5. The summed E-state index contributed by atoms with van der Waals surface area (Å²) >= 11 is 0. The second-order valence-corrected chi connectivity index (χ2v) is 5.54. The number of nitrogens with one attached hydrogen (secondary N) is 1. The number of carbonyl (C=O) groups is 1. The highest BCUT2D eigenvalue weighted by Gasteiger charge is 2.12. The van der Waals surface area contributed by atoms with Crippen LogP contribution >= 0.6 is 0 Å². The number of carbonyl (C=O) groups excluding carboxylic acids is 1. The Balaban J connectivity index is 2.31. The Morgan fingerprint density at radius 1 is 1.25 bits per heavy atom. The van der Waals surface area contributed by atoms with Crippen LogP contribution in [0.2, 0.25) is 0 Å². The maximum atomic E-state index is 12.3. The Hall–Kier alpha value is -2.75. The van der Waals surface area contributed by atoms with Crippen LogP contribution in [0.15, 0.2) is 36.4 Å². The molecule has 0 aliphatic heterocycles. The molecule has 2 rings (SSSR count). The molecule has 0 atom stereocenters. The summed E-state index contributed by atoms with van der Waals surface area (Å²) in [5.41, 5.74) is 3.79. The highest BCUT2D eigenvalue weighted by molar-refractivity contribution is 6.07. The number of hydrogen-bond donors (Lipinski definition) is 2. The molecule has 0 aromatic heterocycles. The predicted octanol–water partition coefficient (Wildman–Crippen LogP) is 4.35. The molecule has 2 N–H and O–H groups in total. The Morgan fingerprint density at radius 3 is 2.50 bits per heavy atom. The van der Waals surface area contributed by atoms with Gasteiger partial charge < -0.3 is 15.2 Å². The lowest BCUT2D eigenvalue weighted by Crippen LogP contribution is -1.99. The lowest BCUT2D eigenvalue weighted by molar-refractivity contribution is 0.104. The lowest BCUT2D eigenvalue weighted by Gasteiger charge is -2.14. The fourth-order valence-electron chi connectivity index (χ4n) is 2.51. The summed E-state index contributed by atoms with van der Waals surface area (Å²) in [7, 11) is 1.83. The van der Waals surface area contributed by atoms with E-state index in [0.717, 1.165) is 16.8 Å². The van der Waals surface area contributed by atoms with Crippen LogP contribution in [0, 0.1) is 13.8 Å². The first-order valence-corrected chi connectivity index (χ1v) is 7.94. The van der Waals surface area contributed by atoms with E-state index in [4.69, 9.17) is 4.74 Å². The zero-order valence-electron chi connectivity index (χ0n) is 14.5. The van der Waals surface area contributed by atoms with Crippen molar-refractivity contribution in [3.63, 3.8) is 0 Å². The minimum Gasteiger partial charge on any atom is -0.507 e. The molecule has 0 heterocycles. The molecule has 2 aromatic carbocycles. The number of hydrogen-bond acceptors (Lipinski definition) is 4. The van der Waals surface area contributed by atoms with Crippen molar-refractivity contribution in [1.29, 1.82) is 0 Å². The molecular formula is C20H23NO3. The Morgan fingerprint density at radius 2 is 1.92 bits per heavy atom. The van der Waals surface area contributed by atoms with Gasteiger partial charge in [-0.3, -0.25) is 4.79 Å².